The first-order chi connectivity index (χ1) is 7.84. The zero-order valence-electron chi connectivity index (χ0n) is 9.99. The highest BCUT2D eigenvalue weighted by molar-refractivity contribution is 5.10. The largest absolute Gasteiger partial charge is 0.371 e. The lowest BCUT2D eigenvalue weighted by molar-refractivity contribution is 0.320. The predicted octanol–water partition coefficient (Wildman–Crippen LogP) is 2.01. The molecule has 2 heterocycles. The minimum absolute atomic E-state index is 0.767. The molecule has 3 rings (SSSR count). The molecule has 2 nitrogen and oxygen atoms in total. The van der Waals surface area contributed by atoms with E-state index in [1.165, 1.54) is 44.6 Å². The van der Waals surface area contributed by atoms with Crippen LogP contribution in [0, 0.1) is 17.8 Å². The summed E-state index contributed by atoms with van der Waals surface area (Å²) in [5.74, 6) is 2.63. The zero-order chi connectivity index (χ0) is 11.0. The third-order valence-corrected chi connectivity index (χ3v) is 4.59. The number of hydrogen-bond donors (Lipinski definition) is 1. The molecule has 16 heavy (non-hydrogen) atoms. The van der Waals surface area contributed by atoms with Crippen molar-refractivity contribution in [1.29, 1.82) is 0 Å². The Morgan fingerprint density at radius 2 is 1.94 bits per heavy atom. The SMILES string of the molecule is C=C(C1CC2CNCC2C1)N1CC=CCC1. The Morgan fingerprint density at radius 1 is 1.19 bits per heavy atom. The Kier molecular flexibility index (Phi) is 2.76. The first-order valence-corrected chi connectivity index (χ1v) is 6.64. The van der Waals surface area contributed by atoms with Gasteiger partial charge in [0.05, 0.1) is 0 Å². The number of nitrogens with zero attached hydrogens (tertiary/aromatic N) is 1. The van der Waals surface area contributed by atoms with E-state index < -0.39 is 0 Å². The van der Waals surface area contributed by atoms with Gasteiger partial charge in [0.25, 0.3) is 0 Å². The lowest BCUT2D eigenvalue weighted by atomic mass is 10.0. The predicted molar refractivity (Wildman–Crippen MR) is 67.0 cm³/mol. The topological polar surface area (TPSA) is 15.3 Å². The number of rotatable bonds is 2. The Bertz CT molecular complexity index is 296. The standard InChI is InChI=1S/C14H22N2/c1-11(16-5-3-2-4-6-16)12-7-13-9-15-10-14(13)8-12/h2-3,12-15H,1,4-10H2. The molecule has 1 saturated carbocycles. The average Bonchev–Trinajstić information content (AvgIpc) is 2.89. The third kappa shape index (κ3) is 1.80. The fourth-order valence-corrected chi connectivity index (χ4v) is 3.60. The van der Waals surface area contributed by atoms with Gasteiger partial charge in [-0.25, -0.2) is 0 Å². The molecule has 0 radical (unpaired) electrons. The van der Waals surface area contributed by atoms with E-state index >= 15 is 0 Å². The van der Waals surface area contributed by atoms with Crippen molar-refractivity contribution < 1.29 is 0 Å². The van der Waals surface area contributed by atoms with Gasteiger partial charge in [-0.15, -0.1) is 0 Å². The van der Waals surface area contributed by atoms with Gasteiger partial charge in [0.2, 0.25) is 0 Å². The summed E-state index contributed by atoms with van der Waals surface area (Å²) in [5.41, 5.74) is 1.42. The van der Waals surface area contributed by atoms with Gasteiger partial charge < -0.3 is 10.2 Å². The lowest BCUT2D eigenvalue weighted by Crippen LogP contribution is -2.29. The molecule has 0 spiro atoms. The maximum Gasteiger partial charge on any atom is 0.0356 e. The molecule has 2 unspecified atom stereocenters. The van der Waals surface area contributed by atoms with Crippen LogP contribution in [0.25, 0.3) is 0 Å². The number of allylic oxidation sites excluding steroid dienone is 1. The van der Waals surface area contributed by atoms with Crippen LogP contribution in [0.5, 0.6) is 0 Å². The van der Waals surface area contributed by atoms with Crippen molar-refractivity contribution >= 4 is 0 Å². The van der Waals surface area contributed by atoms with Crippen molar-refractivity contribution in [3.05, 3.63) is 24.4 Å². The van der Waals surface area contributed by atoms with Gasteiger partial charge in [0.15, 0.2) is 0 Å². The molecule has 1 saturated heterocycles. The summed E-state index contributed by atoms with van der Waals surface area (Å²) >= 11 is 0. The summed E-state index contributed by atoms with van der Waals surface area (Å²) < 4.78 is 0. The molecule has 2 heteroatoms. The van der Waals surface area contributed by atoms with E-state index in [2.05, 4.69) is 28.9 Å². The van der Waals surface area contributed by atoms with Crippen molar-refractivity contribution in [2.24, 2.45) is 17.8 Å². The average molecular weight is 218 g/mol. The first kappa shape index (κ1) is 10.4. The number of fused-ring (bicyclic) bond motifs is 1. The maximum atomic E-state index is 4.36. The molecule has 0 amide bonds. The van der Waals surface area contributed by atoms with Crippen LogP contribution in [0.3, 0.4) is 0 Å². The highest BCUT2D eigenvalue weighted by Gasteiger charge is 2.39. The maximum absolute atomic E-state index is 4.36. The fourth-order valence-electron chi connectivity index (χ4n) is 3.60. The summed E-state index contributed by atoms with van der Waals surface area (Å²) in [6, 6.07) is 0. The molecule has 3 aliphatic rings. The van der Waals surface area contributed by atoms with Crippen LogP contribution in [-0.2, 0) is 0 Å². The van der Waals surface area contributed by atoms with Gasteiger partial charge in [-0.05, 0) is 50.1 Å². The molecule has 1 aliphatic carbocycles. The van der Waals surface area contributed by atoms with Crippen molar-refractivity contribution in [3.63, 3.8) is 0 Å². The van der Waals surface area contributed by atoms with Crippen molar-refractivity contribution in [2.45, 2.75) is 19.3 Å². The van der Waals surface area contributed by atoms with E-state index in [0.717, 1.165) is 24.3 Å². The molecule has 2 aliphatic heterocycles. The quantitative estimate of drug-likeness (QED) is 0.713. The summed E-state index contributed by atoms with van der Waals surface area (Å²) in [5, 5.41) is 3.51. The van der Waals surface area contributed by atoms with E-state index in [4.69, 9.17) is 0 Å². The first-order valence-electron chi connectivity index (χ1n) is 6.64. The van der Waals surface area contributed by atoms with Crippen LogP contribution in [0.1, 0.15) is 19.3 Å². The van der Waals surface area contributed by atoms with Gasteiger partial charge >= 0.3 is 0 Å². The molecular formula is C14H22N2. The highest BCUT2D eigenvalue weighted by Crippen LogP contribution is 2.42. The molecule has 0 aromatic rings. The van der Waals surface area contributed by atoms with Crippen molar-refractivity contribution in [3.8, 4) is 0 Å². The van der Waals surface area contributed by atoms with Crippen LogP contribution >= 0.6 is 0 Å². The second kappa shape index (κ2) is 4.25. The van der Waals surface area contributed by atoms with Crippen LogP contribution < -0.4 is 5.32 Å². The van der Waals surface area contributed by atoms with Gasteiger partial charge in [-0.1, -0.05) is 18.7 Å². The van der Waals surface area contributed by atoms with Crippen LogP contribution in [0.15, 0.2) is 24.4 Å². The smallest absolute Gasteiger partial charge is 0.0356 e. The van der Waals surface area contributed by atoms with Gasteiger partial charge in [0.1, 0.15) is 0 Å². The lowest BCUT2D eigenvalue weighted by Gasteiger charge is -2.31. The van der Waals surface area contributed by atoms with Crippen LogP contribution in [0.4, 0.5) is 0 Å². The molecule has 88 valence electrons. The minimum atomic E-state index is 0.767. The Morgan fingerprint density at radius 3 is 2.56 bits per heavy atom. The van der Waals surface area contributed by atoms with E-state index in [9.17, 15) is 0 Å². The monoisotopic (exact) mass is 218 g/mol. The molecule has 2 atom stereocenters. The van der Waals surface area contributed by atoms with Crippen molar-refractivity contribution in [2.75, 3.05) is 26.2 Å². The Balaban J connectivity index is 1.61. The number of hydrogen-bond acceptors (Lipinski definition) is 2. The summed E-state index contributed by atoms with van der Waals surface area (Å²) in [7, 11) is 0. The molecule has 0 aromatic heterocycles. The molecule has 2 fully saturated rings. The third-order valence-electron chi connectivity index (χ3n) is 4.59. The summed E-state index contributed by atoms with van der Waals surface area (Å²) in [6.07, 6.45) is 8.51. The van der Waals surface area contributed by atoms with E-state index in [0.29, 0.717) is 0 Å². The molecular weight excluding hydrogens is 196 g/mol. The minimum Gasteiger partial charge on any atom is -0.371 e. The summed E-state index contributed by atoms with van der Waals surface area (Å²) in [4.78, 5) is 2.49. The van der Waals surface area contributed by atoms with Gasteiger partial charge in [-0.3, -0.25) is 0 Å². The van der Waals surface area contributed by atoms with Crippen LogP contribution in [0.2, 0.25) is 0 Å². The van der Waals surface area contributed by atoms with Gasteiger partial charge in [0, 0.05) is 18.8 Å². The Hall–Kier alpha value is -0.760. The van der Waals surface area contributed by atoms with E-state index in [-0.39, 0.29) is 0 Å². The zero-order valence-corrected chi connectivity index (χ0v) is 9.99. The van der Waals surface area contributed by atoms with Crippen molar-refractivity contribution in [1.82, 2.24) is 10.2 Å². The fraction of sp³-hybridized carbons (Fsp3) is 0.714. The normalized spacial score (nSPS) is 37.8. The molecule has 0 aromatic carbocycles. The van der Waals surface area contributed by atoms with Crippen LogP contribution in [-0.4, -0.2) is 31.1 Å². The van der Waals surface area contributed by atoms with E-state index in [1.54, 1.807) is 0 Å². The Labute approximate surface area is 98.4 Å². The molecule has 0 bridgehead atoms. The van der Waals surface area contributed by atoms with Gasteiger partial charge in [-0.2, -0.15) is 0 Å². The number of nitrogens with one attached hydrogen (secondary N) is 1. The second-order valence-electron chi connectivity index (χ2n) is 5.54. The second-order valence-corrected chi connectivity index (χ2v) is 5.54. The summed E-state index contributed by atoms with van der Waals surface area (Å²) in [6.45, 7) is 9.11. The highest BCUT2D eigenvalue weighted by atomic mass is 15.1. The van der Waals surface area contributed by atoms with E-state index in [1.807, 2.05) is 0 Å². The molecule has 1 N–H and O–H groups in total.